The van der Waals surface area contributed by atoms with Crippen LogP contribution in [0.15, 0.2) is 329 Å². The molecule has 0 amide bonds. The maximum atomic E-state index is 9.76. The molecule has 0 fully saturated rings. The molecule has 0 N–H and O–H groups in total. The summed E-state index contributed by atoms with van der Waals surface area (Å²) in [6.45, 7) is 55.9. The van der Waals surface area contributed by atoms with Crippen LogP contribution in [0.25, 0.3) is 43.7 Å². The van der Waals surface area contributed by atoms with Crippen LogP contribution in [0, 0.1) is 85.5 Å². The Balaban J connectivity index is 0.000000144. The summed E-state index contributed by atoms with van der Waals surface area (Å²) < 4.78 is 24.9. The molecule has 0 aliphatic carbocycles. The van der Waals surface area contributed by atoms with Gasteiger partial charge in [-0.3, -0.25) is 0 Å². The molecule has 8 aliphatic heterocycles. The van der Waals surface area contributed by atoms with E-state index in [0.29, 0.717) is 66.5 Å². The molecule has 17 rings (SSSR count). The van der Waals surface area contributed by atoms with Crippen LogP contribution in [0.4, 0.5) is 34.1 Å². The van der Waals surface area contributed by atoms with Crippen LogP contribution in [0.5, 0.6) is 0 Å². The van der Waals surface area contributed by atoms with Crippen molar-refractivity contribution in [2.75, 3.05) is 52.4 Å². The number of aryl methyl sites for hydroxylation is 6. The Morgan fingerprint density at radius 3 is 1.16 bits per heavy atom. The van der Waals surface area contributed by atoms with Crippen molar-refractivity contribution in [2.45, 2.75) is 175 Å². The van der Waals surface area contributed by atoms with Crippen LogP contribution in [-0.2, 0) is 55.8 Å². The molecule has 2 atom stereocenters. The predicted octanol–water partition coefficient (Wildman–Crippen LogP) is 27.9. The normalized spacial score (nSPS) is 19.2. The molecule has 8 heterocycles. The van der Waals surface area contributed by atoms with Gasteiger partial charge in [0, 0.05) is 102 Å². The Hall–Kier alpha value is -15.8. The van der Waals surface area contributed by atoms with E-state index in [0.717, 1.165) is 128 Å². The molecule has 668 valence electrons. The largest absolute Gasteiger partial charge is 0.493 e. The summed E-state index contributed by atoms with van der Waals surface area (Å²) in [5.74, 6) is 2.64. The Morgan fingerprint density at radius 1 is 0.388 bits per heavy atom. The fourth-order valence-electron chi connectivity index (χ4n) is 18.6. The van der Waals surface area contributed by atoms with Gasteiger partial charge in [-0.1, -0.05) is 175 Å². The number of hydrogen-bond donors (Lipinski definition) is 0. The van der Waals surface area contributed by atoms with Gasteiger partial charge in [0.25, 0.3) is 22.8 Å². The lowest BCUT2D eigenvalue weighted by Crippen LogP contribution is -2.44. The minimum Gasteiger partial charge on any atom is -0.493 e. The lowest BCUT2D eigenvalue weighted by molar-refractivity contribution is 0.0143. The zero-order chi connectivity index (χ0) is 94.5. The number of nitriles is 4. The summed E-state index contributed by atoms with van der Waals surface area (Å²) in [5, 5.41) is 37.5. The van der Waals surface area contributed by atoms with Crippen molar-refractivity contribution in [1.82, 2.24) is 0 Å². The molecule has 16 nitrogen and oxygen atoms in total. The summed E-state index contributed by atoms with van der Waals surface area (Å²) in [6, 6.07) is 82.1. The summed E-state index contributed by atoms with van der Waals surface area (Å²) in [6.07, 6.45) is 34.1. The Bertz CT molecular complexity index is 6560. The van der Waals surface area contributed by atoms with E-state index in [9.17, 15) is 15.8 Å². The number of hydrogen-bond acceptors (Lipinski definition) is 12. The number of fused-ring (bicyclic) bond motifs is 4. The smallest absolute Gasteiger partial charge is 0.265 e. The van der Waals surface area contributed by atoms with E-state index in [-0.39, 0.29) is 40.0 Å². The topological polar surface area (TPSA) is 162 Å². The van der Waals surface area contributed by atoms with Crippen molar-refractivity contribution in [2.24, 2.45) is 0 Å². The van der Waals surface area contributed by atoms with Crippen molar-refractivity contribution >= 4 is 58.4 Å². The molecule has 134 heavy (non-hydrogen) atoms. The first-order chi connectivity index (χ1) is 64.8. The molecular formula is C118H112N12O4. The van der Waals surface area contributed by atoms with E-state index in [1.54, 1.807) is 6.08 Å². The standard InChI is InChI=1S/C35H33N3O.C30H31N3O.C27H25N3O.C26H23N3O/c1-34(2,3)38-21-11-12-27-22-26(18-20-33(27)38)17-19-31-23-28(32(25-36)37-4)24-35(39-31,29-13-7-5-8-14-29)30-15-9-6-10-16-30;1-29(2,3)33-17-9-10-23-18-22(14-16-28(23)33)13-15-26-19-24(27(21-31)32-5)20-30(4,34-26)25-11-7-6-8-12-25;1-19-6-10-24(11-7-19)30-14-4-5-22-16-21(9-13-27(22)30)8-12-25-17-23(15-20(2)31-25)26(18-28)29-3;1-19-5-9-23(10-6-19)29-14-3-4-22-16-20(8-12-26(22)29)7-11-24-17-21(13-15-30-24)25(18-27)28-2/h5-10,13-20,22-23H,11-12,21,24H2,1-3H3;6-8,11-16,18-19H,9-10,17,20H2,1-4H3;6-13,16-17,20H,4-5,14-15H2,1-2H3;5-12,16-17H,3-4,13-15H2,1H3/b19-17+,32-28+;15-13+,27-24+;12-8+,26-23-;11-7+,25-21-. The lowest BCUT2D eigenvalue weighted by atomic mass is 9.79. The first kappa shape index (κ1) is 94.3. The third-order valence-corrected chi connectivity index (χ3v) is 25.3. The minimum absolute atomic E-state index is 0.0589. The number of allylic oxidation sites excluding steroid dienone is 12. The second-order valence-corrected chi connectivity index (χ2v) is 36.9. The van der Waals surface area contributed by atoms with Crippen molar-refractivity contribution in [3.63, 3.8) is 0 Å². The second-order valence-electron chi connectivity index (χ2n) is 36.9. The summed E-state index contributed by atoms with van der Waals surface area (Å²) in [4.78, 5) is 23.4. The van der Waals surface area contributed by atoms with E-state index in [4.69, 9.17) is 50.5 Å². The second kappa shape index (κ2) is 42.8. The third-order valence-electron chi connectivity index (χ3n) is 25.3. The highest BCUT2D eigenvalue weighted by Crippen LogP contribution is 2.48. The van der Waals surface area contributed by atoms with Gasteiger partial charge < -0.3 is 38.5 Å². The fraction of sp³-hybridized carbons (Fsp3) is 0.271. The van der Waals surface area contributed by atoms with Crippen molar-refractivity contribution in [3.8, 4) is 24.3 Å². The SMILES string of the molecule is [C-]#[N+]/C(C#N)=C1C=C(/C=C/c2ccc3c(c2)CCCN3C(C)(C)C)OC(C)(c2ccccc2)C\1.[C-]#[N+]/C(C#N)=C1C=C(/C=C/c2ccc3c(c2)CCCN3C(C)(C)C)OC(c2ccccc2)(c2ccccc2)C\1.[C-]#[N+]/C(C#N)=C1C=C(/C=C/c2ccc3c(c2)CCCN3c2ccc(C)cc2)OC(C)C\1.[C-]#[N+]/C(C#N)=C1C=C(/C=C/c2ccc3c(c2)CCCN3c2ccc(C)cc2)OCC\1. The van der Waals surface area contributed by atoms with Gasteiger partial charge in [0.05, 0.1) is 63.3 Å². The van der Waals surface area contributed by atoms with E-state index >= 15 is 0 Å². The quantitative estimate of drug-likeness (QED) is 0.0794. The molecular weight excluding hydrogens is 1650 g/mol. The highest BCUT2D eigenvalue weighted by atomic mass is 16.5. The zero-order valence-electron chi connectivity index (χ0n) is 78.2. The molecule has 0 radical (unpaired) electrons. The van der Waals surface area contributed by atoms with Gasteiger partial charge in [0.2, 0.25) is 0 Å². The van der Waals surface area contributed by atoms with Crippen molar-refractivity contribution in [3.05, 3.63) is 447 Å². The first-order valence-electron chi connectivity index (χ1n) is 46.0. The Kier molecular flexibility index (Phi) is 30.1. The van der Waals surface area contributed by atoms with E-state index in [1.807, 2.05) is 172 Å². The molecule has 0 saturated heterocycles. The molecule has 0 aromatic heterocycles. The summed E-state index contributed by atoms with van der Waals surface area (Å²) in [7, 11) is 0. The van der Waals surface area contributed by atoms with Crippen LogP contribution >= 0.6 is 0 Å². The number of nitrogens with zero attached hydrogens (tertiary/aromatic N) is 12. The van der Waals surface area contributed by atoms with E-state index in [2.05, 4.69) is 240 Å². The lowest BCUT2D eigenvalue weighted by Gasteiger charge is -2.41. The van der Waals surface area contributed by atoms with Crippen molar-refractivity contribution < 1.29 is 18.9 Å². The van der Waals surface area contributed by atoms with Crippen molar-refractivity contribution in [1.29, 1.82) is 21.0 Å². The highest BCUT2D eigenvalue weighted by Gasteiger charge is 2.42. The van der Waals surface area contributed by atoms with Gasteiger partial charge in [-0.15, -0.1) is 0 Å². The molecule has 8 aliphatic rings. The third kappa shape index (κ3) is 22.8. The number of ether oxygens (including phenoxy) is 4. The predicted molar refractivity (Wildman–Crippen MR) is 540 cm³/mol. The van der Waals surface area contributed by atoms with E-state index < -0.39 is 11.2 Å². The van der Waals surface area contributed by atoms with Crippen LogP contribution < -0.4 is 19.6 Å². The fourth-order valence-corrected chi connectivity index (χ4v) is 18.6. The average molecular weight is 1760 g/mol. The molecule has 9 aromatic rings. The summed E-state index contributed by atoms with van der Waals surface area (Å²) in [5.41, 5.74) is 25.1. The molecule has 9 aromatic carbocycles. The Morgan fingerprint density at radius 2 is 0.739 bits per heavy atom. The minimum atomic E-state index is -0.859. The zero-order valence-corrected chi connectivity index (χ0v) is 78.2. The highest BCUT2D eigenvalue weighted by molar-refractivity contribution is 5.74. The Labute approximate surface area is 791 Å². The molecule has 0 spiro atoms. The van der Waals surface area contributed by atoms with Gasteiger partial charge >= 0.3 is 0 Å². The molecule has 2 unspecified atom stereocenters. The number of rotatable bonds is 13. The van der Waals surface area contributed by atoms with Gasteiger partial charge in [0.15, 0.2) is 5.60 Å². The molecule has 0 bridgehead atoms. The van der Waals surface area contributed by atoms with E-state index in [1.165, 1.54) is 67.5 Å². The first-order valence-corrected chi connectivity index (χ1v) is 46.0. The number of anilines is 6. The molecule has 16 heteroatoms. The number of benzene rings is 9. The average Bonchev–Trinajstić information content (AvgIpc) is 0.749. The van der Waals surface area contributed by atoms with Gasteiger partial charge in [-0.05, 0) is 321 Å². The van der Waals surface area contributed by atoms with Crippen LogP contribution in [0.2, 0.25) is 0 Å². The van der Waals surface area contributed by atoms with Gasteiger partial charge in [0.1, 0.15) is 28.6 Å². The summed E-state index contributed by atoms with van der Waals surface area (Å²) >= 11 is 0. The monoisotopic (exact) mass is 1760 g/mol. The maximum Gasteiger partial charge on any atom is 0.265 e. The van der Waals surface area contributed by atoms with Gasteiger partial charge in [-0.25, -0.2) is 40.4 Å². The maximum absolute atomic E-state index is 9.76. The van der Waals surface area contributed by atoms with Crippen LogP contribution in [-0.4, -0.2) is 50.0 Å². The van der Waals surface area contributed by atoms with Crippen LogP contribution in [0.1, 0.15) is 179 Å². The van der Waals surface area contributed by atoms with Gasteiger partial charge in [-0.2, -0.15) is 0 Å². The van der Waals surface area contributed by atoms with Crippen LogP contribution in [0.3, 0.4) is 0 Å². The molecule has 0 saturated carbocycles.